The number of rotatable bonds is 5. The zero-order chi connectivity index (χ0) is 17.2. The van der Waals surface area contributed by atoms with Gasteiger partial charge in [0, 0.05) is 30.6 Å². The maximum Gasteiger partial charge on any atom is 0.166 e. The van der Waals surface area contributed by atoms with E-state index in [2.05, 4.69) is 59.5 Å². The van der Waals surface area contributed by atoms with Gasteiger partial charge < -0.3 is 15.2 Å². The first-order valence-electron chi connectivity index (χ1n) is 8.91. The van der Waals surface area contributed by atoms with Crippen LogP contribution < -0.4 is 10.2 Å². The highest BCUT2D eigenvalue weighted by atomic mass is 32.2. The van der Waals surface area contributed by atoms with E-state index < -0.39 is 0 Å². The summed E-state index contributed by atoms with van der Waals surface area (Å²) >= 11 is 1.78. The van der Waals surface area contributed by atoms with Gasteiger partial charge in [0.25, 0.3) is 0 Å². The Labute approximate surface area is 153 Å². The Balaban J connectivity index is 1.62. The van der Waals surface area contributed by atoms with Crippen LogP contribution >= 0.6 is 11.8 Å². The number of aromatic amines is 1. The number of thioether (sulfide) groups is 1. The second-order valence-corrected chi connectivity index (χ2v) is 7.38. The molecule has 1 aliphatic heterocycles. The lowest BCUT2D eigenvalue weighted by Crippen LogP contribution is -2.35. The van der Waals surface area contributed by atoms with Crippen LogP contribution in [0.5, 0.6) is 0 Å². The smallest absolute Gasteiger partial charge is 0.166 e. The Morgan fingerprint density at radius 3 is 2.92 bits per heavy atom. The van der Waals surface area contributed by atoms with Gasteiger partial charge in [-0.25, -0.2) is 4.98 Å². The maximum absolute atomic E-state index is 4.69. The summed E-state index contributed by atoms with van der Waals surface area (Å²) in [4.78, 5) is 10.6. The lowest BCUT2D eigenvalue weighted by Gasteiger charge is -2.36. The van der Waals surface area contributed by atoms with E-state index in [-0.39, 0.29) is 0 Å². The second kappa shape index (κ2) is 7.10. The van der Waals surface area contributed by atoms with Gasteiger partial charge >= 0.3 is 0 Å². The van der Waals surface area contributed by atoms with Crippen LogP contribution in [0.15, 0.2) is 47.6 Å². The topological polar surface area (TPSA) is 44.0 Å². The van der Waals surface area contributed by atoms with Gasteiger partial charge in [0.05, 0.1) is 11.0 Å². The molecule has 3 aromatic rings. The number of aromatic nitrogens is 2. The number of nitrogens with zero attached hydrogens (tertiary/aromatic N) is 2. The molecule has 2 heterocycles. The molecule has 1 unspecified atom stereocenters. The van der Waals surface area contributed by atoms with Crippen molar-refractivity contribution in [1.82, 2.24) is 15.3 Å². The molecule has 130 valence electrons. The Hall–Kier alpha value is -1.98. The van der Waals surface area contributed by atoms with E-state index in [9.17, 15) is 0 Å². The minimum atomic E-state index is 0.453. The number of fused-ring (bicyclic) bond motifs is 2. The fourth-order valence-corrected chi connectivity index (χ4v) is 4.58. The number of H-pyrrole nitrogens is 1. The molecule has 0 saturated heterocycles. The van der Waals surface area contributed by atoms with Crippen molar-refractivity contribution < 1.29 is 0 Å². The molecule has 1 aliphatic rings. The predicted molar refractivity (Wildman–Crippen MR) is 106 cm³/mol. The van der Waals surface area contributed by atoms with E-state index in [0.29, 0.717) is 6.04 Å². The Bertz CT molecular complexity index is 840. The van der Waals surface area contributed by atoms with Gasteiger partial charge in [0.1, 0.15) is 0 Å². The standard InChI is InChI=1S/C20H24N4S/c1-3-24-12-11-16(21-2)15-8-6-7-14(19(15)24)13-25-20-22-17-9-4-5-10-18(17)23-20/h4-10,16,21H,3,11-13H2,1-2H3,(H,22,23). The number of benzene rings is 2. The van der Waals surface area contributed by atoms with Crippen molar-refractivity contribution in [3.8, 4) is 0 Å². The summed E-state index contributed by atoms with van der Waals surface area (Å²) in [6.07, 6.45) is 1.16. The van der Waals surface area contributed by atoms with Crippen molar-refractivity contribution >= 4 is 28.5 Å². The lowest BCUT2D eigenvalue weighted by atomic mass is 9.94. The molecule has 1 atom stereocenters. The molecule has 0 radical (unpaired) electrons. The van der Waals surface area contributed by atoms with Crippen LogP contribution in [-0.4, -0.2) is 30.1 Å². The molecule has 0 amide bonds. The van der Waals surface area contributed by atoms with E-state index in [1.165, 1.54) is 16.8 Å². The molecule has 0 aliphatic carbocycles. The number of imidazole rings is 1. The number of nitrogens with one attached hydrogen (secondary N) is 2. The average Bonchev–Trinajstić information content (AvgIpc) is 3.08. The highest BCUT2D eigenvalue weighted by Gasteiger charge is 2.25. The summed E-state index contributed by atoms with van der Waals surface area (Å²) in [7, 11) is 2.06. The lowest BCUT2D eigenvalue weighted by molar-refractivity contribution is 0.519. The van der Waals surface area contributed by atoms with Gasteiger partial charge in [-0.1, -0.05) is 42.1 Å². The second-order valence-electron chi connectivity index (χ2n) is 6.41. The molecule has 1 aromatic heterocycles. The number of para-hydroxylation sites is 3. The molecule has 4 rings (SSSR count). The van der Waals surface area contributed by atoms with E-state index in [1.807, 2.05) is 12.1 Å². The van der Waals surface area contributed by atoms with Gasteiger partial charge in [-0.15, -0.1) is 0 Å². The zero-order valence-corrected chi connectivity index (χ0v) is 15.6. The quantitative estimate of drug-likeness (QED) is 0.670. The molecule has 0 bridgehead atoms. The third kappa shape index (κ3) is 3.14. The van der Waals surface area contributed by atoms with Crippen LogP contribution in [0, 0.1) is 0 Å². The molecule has 25 heavy (non-hydrogen) atoms. The van der Waals surface area contributed by atoms with Crippen LogP contribution in [0.25, 0.3) is 11.0 Å². The van der Waals surface area contributed by atoms with Crippen molar-refractivity contribution in [2.75, 3.05) is 25.0 Å². The molecular weight excluding hydrogens is 328 g/mol. The monoisotopic (exact) mass is 352 g/mol. The highest BCUT2D eigenvalue weighted by molar-refractivity contribution is 7.98. The van der Waals surface area contributed by atoms with Crippen molar-refractivity contribution in [3.63, 3.8) is 0 Å². The minimum Gasteiger partial charge on any atom is -0.371 e. The van der Waals surface area contributed by atoms with Gasteiger partial charge in [0.15, 0.2) is 5.16 Å². The van der Waals surface area contributed by atoms with Gasteiger partial charge in [-0.3, -0.25) is 0 Å². The fraction of sp³-hybridized carbons (Fsp3) is 0.350. The summed E-state index contributed by atoms with van der Waals surface area (Å²) < 4.78 is 0. The van der Waals surface area contributed by atoms with E-state index in [1.54, 1.807) is 11.8 Å². The molecule has 0 spiro atoms. The molecular formula is C20H24N4S. The fourth-order valence-electron chi connectivity index (χ4n) is 3.71. The van der Waals surface area contributed by atoms with Gasteiger partial charge in [-0.2, -0.15) is 0 Å². The van der Waals surface area contributed by atoms with Crippen molar-refractivity contribution in [1.29, 1.82) is 0 Å². The molecule has 4 nitrogen and oxygen atoms in total. The van der Waals surface area contributed by atoms with Crippen LogP contribution in [0.4, 0.5) is 5.69 Å². The van der Waals surface area contributed by atoms with E-state index in [4.69, 9.17) is 4.98 Å². The Morgan fingerprint density at radius 1 is 1.24 bits per heavy atom. The predicted octanol–water partition coefficient (Wildman–Crippen LogP) is 4.35. The molecule has 0 fully saturated rings. The van der Waals surface area contributed by atoms with Crippen molar-refractivity contribution in [2.24, 2.45) is 0 Å². The van der Waals surface area contributed by atoms with Gasteiger partial charge in [-0.05, 0) is 43.7 Å². The maximum atomic E-state index is 4.69. The molecule has 2 aromatic carbocycles. The zero-order valence-electron chi connectivity index (χ0n) is 14.7. The van der Waals surface area contributed by atoms with Crippen LogP contribution in [-0.2, 0) is 5.75 Å². The van der Waals surface area contributed by atoms with E-state index >= 15 is 0 Å². The van der Waals surface area contributed by atoms with Crippen molar-refractivity contribution in [2.45, 2.75) is 30.3 Å². The third-order valence-corrected chi connectivity index (χ3v) is 5.91. The summed E-state index contributed by atoms with van der Waals surface area (Å²) in [5.74, 6) is 0.927. The van der Waals surface area contributed by atoms with E-state index in [0.717, 1.165) is 41.5 Å². The summed E-state index contributed by atoms with van der Waals surface area (Å²) in [6, 6.07) is 15.4. The summed E-state index contributed by atoms with van der Waals surface area (Å²) in [6.45, 7) is 4.41. The first kappa shape index (κ1) is 16.5. The SMILES string of the molecule is CCN1CCC(NC)c2cccc(CSc3nc4ccccc4[nH]3)c21. The van der Waals surface area contributed by atoms with Gasteiger partial charge in [0.2, 0.25) is 0 Å². The van der Waals surface area contributed by atoms with Crippen molar-refractivity contribution in [3.05, 3.63) is 53.6 Å². The normalized spacial score (nSPS) is 17.0. The number of hydrogen-bond donors (Lipinski definition) is 2. The summed E-state index contributed by atoms with van der Waals surface area (Å²) in [5, 5.41) is 4.46. The Kier molecular flexibility index (Phi) is 4.68. The van der Waals surface area contributed by atoms with Crippen LogP contribution in [0.2, 0.25) is 0 Å². The average molecular weight is 353 g/mol. The number of anilines is 1. The van der Waals surface area contributed by atoms with Crippen LogP contribution in [0.3, 0.4) is 0 Å². The highest BCUT2D eigenvalue weighted by Crippen LogP contribution is 2.38. The molecule has 5 heteroatoms. The molecule has 0 saturated carbocycles. The largest absolute Gasteiger partial charge is 0.371 e. The number of hydrogen-bond acceptors (Lipinski definition) is 4. The molecule has 2 N–H and O–H groups in total. The summed E-state index contributed by atoms with van der Waals surface area (Å²) in [5.41, 5.74) is 6.37. The first-order chi connectivity index (χ1) is 12.3. The third-order valence-electron chi connectivity index (χ3n) is 4.99. The Morgan fingerprint density at radius 2 is 2.12 bits per heavy atom. The van der Waals surface area contributed by atoms with Crippen LogP contribution in [0.1, 0.15) is 30.5 Å². The minimum absolute atomic E-state index is 0.453. The first-order valence-corrected chi connectivity index (χ1v) is 9.90.